The monoisotopic (exact) mass is 320 g/mol. The molecule has 1 heterocycles. The van der Waals surface area contributed by atoms with Gasteiger partial charge in [0.05, 0.1) is 0 Å². The van der Waals surface area contributed by atoms with Crippen LogP contribution in [0.2, 0.25) is 0 Å². The predicted octanol–water partition coefficient (Wildman–Crippen LogP) is 3.83. The molecule has 2 rings (SSSR count). The fourth-order valence-corrected chi connectivity index (χ4v) is 2.15. The van der Waals surface area contributed by atoms with Gasteiger partial charge in [0.15, 0.2) is 0 Å². The molecule has 1 aromatic carbocycles. The molecule has 0 spiro atoms. The lowest BCUT2D eigenvalue weighted by Gasteiger charge is -2.11. The summed E-state index contributed by atoms with van der Waals surface area (Å²) < 4.78 is 1.02. The highest BCUT2D eigenvalue weighted by Gasteiger charge is 2.05. The third-order valence-corrected chi connectivity index (χ3v) is 3.22. The van der Waals surface area contributed by atoms with Crippen LogP contribution in [-0.2, 0) is 6.42 Å². The van der Waals surface area contributed by atoms with Crippen molar-refractivity contribution in [1.82, 2.24) is 9.97 Å². The standard InChI is InChI=1S/C14H17BrN4/c1-3-4-13-18-12(16)8-14(19-13)17-11-7-10(15)6-5-9(11)2/h5-8H,3-4H2,1-2H3,(H3,16,17,18,19). The summed E-state index contributed by atoms with van der Waals surface area (Å²) in [7, 11) is 0. The maximum atomic E-state index is 5.81. The summed E-state index contributed by atoms with van der Waals surface area (Å²) in [6, 6.07) is 7.83. The lowest BCUT2D eigenvalue weighted by atomic mass is 10.2. The maximum absolute atomic E-state index is 5.81. The molecule has 2 aromatic rings. The van der Waals surface area contributed by atoms with E-state index >= 15 is 0 Å². The first-order valence-electron chi connectivity index (χ1n) is 6.25. The number of rotatable bonds is 4. The fourth-order valence-electron chi connectivity index (χ4n) is 1.78. The minimum absolute atomic E-state index is 0.494. The van der Waals surface area contributed by atoms with Crippen LogP contribution in [0.15, 0.2) is 28.7 Å². The van der Waals surface area contributed by atoms with E-state index < -0.39 is 0 Å². The number of hydrogen-bond donors (Lipinski definition) is 2. The van der Waals surface area contributed by atoms with Crippen molar-refractivity contribution < 1.29 is 0 Å². The molecule has 0 bridgehead atoms. The third-order valence-electron chi connectivity index (χ3n) is 2.73. The lowest BCUT2D eigenvalue weighted by Crippen LogP contribution is -2.04. The van der Waals surface area contributed by atoms with Gasteiger partial charge >= 0.3 is 0 Å². The van der Waals surface area contributed by atoms with Crippen molar-refractivity contribution >= 4 is 33.3 Å². The lowest BCUT2D eigenvalue weighted by molar-refractivity contribution is 0.839. The first kappa shape index (κ1) is 13.8. The van der Waals surface area contributed by atoms with E-state index in [1.807, 2.05) is 25.1 Å². The number of nitrogens with zero attached hydrogens (tertiary/aromatic N) is 2. The molecular formula is C14H17BrN4. The topological polar surface area (TPSA) is 63.8 Å². The van der Waals surface area contributed by atoms with Crippen molar-refractivity contribution in [3.8, 4) is 0 Å². The van der Waals surface area contributed by atoms with E-state index in [2.05, 4.69) is 38.1 Å². The van der Waals surface area contributed by atoms with Gasteiger partial charge in [-0.3, -0.25) is 0 Å². The number of hydrogen-bond acceptors (Lipinski definition) is 4. The molecule has 19 heavy (non-hydrogen) atoms. The minimum atomic E-state index is 0.494. The average molecular weight is 321 g/mol. The maximum Gasteiger partial charge on any atom is 0.136 e. The number of nitrogens with two attached hydrogens (primary N) is 1. The van der Waals surface area contributed by atoms with E-state index in [0.717, 1.165) is 40.2 Å². The van der Waals surface area contributed by atoms with E-state index in [0.29, 0.717) is 5.82 Å². The predicted molar refractivity (Wildman–Crippen MR) is 82.6 cm³/mol. The summed E-state index contributed by atoms with van der Waals surface area (Å²) in [5.41, 5.74) is 7.97. The van der Waals surface area contributed by atoms with Crippen molar-refractivity contribution in [3.63, 3.8) is 0 Å². The quantitative estimate of drug-likeness (QED) is 0.898. The molecule has 0 unspecified atom stereocenters. The second-order valence-electron chi connectivity index (χ2n) is 4.43. The molecule has 0 saturated carbocycles. The number of aryl methyl sites for hydroxylation is 2. The Morgan fingerprint density at radius 2 is 2.05 bits per heavy atom. The largest absolute Gasteiger partial charge is 0.384 e. The Morgan fingerprint density at radius 1 is 1.26 bits per heavy atom. The van der Waals surface area contributed by atoms with E-state index in [4.69, 9.17) is 5.73 Å². The molecule has 3 N–H and O–H groups in total. The Kier molecular flexibility index (Phi) is 4.37. The van der Waals surface area contributed by atoms with E-state index in [1.165, 1.54) is 0 Å². The molecule has 4 nitrogen and oxygen atoms in total. The number of nitrogens with one attached hydrogen (secondary N) is 1. The smallest absolute Gasteiger partial charge is 0.136 e. The molecule has 1 aromatic heterocycles. The molecule has 0 aliphatic rings. The van der Waals surface area contributed by atoms with Crippen LogP contribution in [0.3, 0.4) is 0 Å². The SMILES string of the molecule is CCCc1nc(N)cc(Nc2cc(Br)ccc2C)n1. The zero-order valence-electron chi connectivity index (χ0n) is 11.1. The number of benzene rings is 1. The zero-order valence-corrected chi connectivity index (χ0v) is 12.7. The summed E-state index contributed by atoms with van der Waals surface area (Å²) in [6.07, 6.45) is 1.83. The van der Waals surface area contributed by atoms with Crippen LogP contribution in [0.5, 0.6) is 0 Å². The summed E-state index contributed by atoms with van der Waals surface area (Å²) >= 11 is 3.47. The minimum Gasteiger partial charge on any atom is -0.384 e. The van der Waals surface area contributed by atoms with Gasteiger partial charge in [0.2, 0.25) is 0 Å². The average Bonchev–Trinajstić information content (AvgIpc) is 2.33. The Hall–Kier alpha value is -1.62. The second kappa shape index (κ2) is 6.02. The molecule has 0 fully saturated rings. The van der Waals surface area contributed by atoms with Gasteiger partial charge in [-0.2, -0.15) is 0 Å². The highest BCUT2D eigenvalue weighted by molar-refractivity contribution is 9.10. The Labute approximate surface area is 121 Å². The van der Waals surface area contributed by atoms with Crippen LogP contribution in [0, 0.1) is 6.92 Å². The van der Waals surface area contributed by atoms with Gasteiger partial charge in [-0.1, -0.05) is 28.9 Å². The van der Waals surface area contributed by atoms with E-state index in [-0.39, 0.29) is 0 Å². The van der Waals surface area contributed by atoms with Crippen LogP contribution in [0.1, 0.15) is 24.7 Å². The van der Waals surface area contributed by atoms with Gasteiger partial charge in [0.1, 0.15) is 17.5 Å². The molecule has 0 amide bonds. The molecule has 100 valence electrons. The first-order valence-corrected chi connectivity index (χ1v) is 7.04. The fraction of sp³-hybridized carbons (Fsp3) is 0.286. The normalized spacial score (nSPS) is 10.5. The molecule has 0 radical (unpaired) electrons. The van der Waals surface area contributed by atoms with Crippen LogP contribution in [-0.4, -0.2) is 9.97 Å². The van der Waals surface area contributed by atoms with Crippen molar-refractivity contribution in [3.05, 3.63) is 40.1 Å². The number of nitrogen functional groups attached to an aromatic ring is 1. The molecule has 0 aliphatic heterocycles. The molecular weight excluding hydrogens is 304 g/mol. The summed E-state index contributed by atoms with van der Waals surface area (Å²) in [5, 5.41) is 3.29. The third kappa shape index (κ3) is 3.67. The Morgan fingerprint density at radius 3 is 2.79 bits per heavy atom. The van der Waals surface area contributed by atoms with Crippen molar-refractivity contribution in [1.29, 1.82) is 0 Å². The van der Waals surface area contributed by atoms with Crippen molar-refractivity contribution in [2.45, 2.75) is 26.7 Å². The number of anilines is 3. The first-order chi connectivity index (χ1) is 9.08. The van der Waals surface area contributed by atoms with Crippen LogP contribution >= 0.6 is 15.9 Å². The summed E-state index contributed by atoms with van der Waals surface area (Å²) in [4.78, 5) is 8.69. The molecule has 5 heteroatoms. The van der Waals surface area contributed by atoms with Gasteiger partial charge < -0.3 is 11.1 Å². The zero-order chi connectivity index (χ0) is 13.8. The van der Waals surface area contributed by atoms with Gasteiger partial charge in [-0.25, -0.2) is 9.97 Å². The summed E-state index contributed by atoms with van der Waals surface area (Å²) in [6.45, 7) is 4.14. The number of aromatic nitrogens is 2. The molecule has 0 aliphatic carbocycles. The Balaban J connectivity index is 2.29. The van der Waals surface area contributed by atoms with Crippen molar-refractivity contribution in [2.75, 3.05) is 11.1 Å². The molecule has 0 saturated heterocycles. The van der Waals surface area contributed by atoms with Crippen molar-refractivity contribution in [2.24, 2.45) is 0 Å². The highest BCUT2D eigenvalue weighted by Crippen LogP contribution is 2.24. The van der Waals surface area contributed by atoms with Gasteiger partial charge in [-0.05, 0) is 31.0 Å². The van der Waals surface area contributed by atoms with Crippen LogP contribution in [0.4, 0.5) is 17.3 Å². The second-order valence-corrected chi connectivity index (χ2v) is 5.34. The summed E-state index contributed by atoms with van der Waals surface area (Å²) in [5.74, 6) is 2.00. The van der Waals surface area contributed by atoms with Gasteiger partial charge in [0.25, 0.3) is 0 Å². The van der Waals surface area contributed by atoms with Gasteiger partial charge in [0, 0.05) is 22.6 Å². The number of halogens is 1. The van der Waals surface area contributed by atoms with E-state index in [9.17, 15) is 0 Å². The van der Waals surface area contributed by atoms with Crippen LogP contribution in [0.25, 0.3) is 0 Å². The van der Waals surface area contributed by atoms with Gasteiger partial charge in [-0.15, -0.1) is 0 Å². The Bertz CT molecular complexity index is 584. The van der Waals surface area contributed by atoms with Crippen LogP contribution < -0.4 is 11.1 Å². The van der Waals surface area contributed by atoms with E-state index in [1.54, 1.807) is 6.07 Å². The molecule has 0 atom stereocenters. The highest BCUT2D eigenvalue weighted by atomic mass is 79.9.